The standard InChI is InChI=1S/C14H13ClN2O4/c1-8-6-11(18)13(14(15)19)16-17(8)10-7-9(20-2)4-5-12(10)21-3/h4-7H,1-3H3. The quantitative estimate of drug-likeness (QED) is 0.807. The van der Waals surface area contributed by atoms with Crippen LogP contribution in [0.1, 0.15) is 16.2 Å². The van der Waals surface area contributed by atoms with Gasteiger partial charge in [0.2, 0.25) is 5.43 Å². The van der Waals surface area contributed by atoms with Crippen LogP contribution < -0.4 is 14.9 Å². The zero-order valence-corrected chi connectivity index (χ0v) is 12.5. The lowest BCUT2D eigenvalue weighted by Gasteiger charge is -2.14. The van der Waals surface area contributed by atoms with E-state index in [0.29, 0.717) is 22.9 Å². The summed E-state index contributed by atoms with van der Waals surface area (Å²) in [5.74, 6) is 1.10. The third-order valence-electron chi connectivity index (χ3n) is 2.91. The number of carbonyl (C=O) groups is 1. The third kappa shape index (κ3) is 2.90. The maximum absolute atomic E-state index is 11.7. The zero-order chi connectivity index (χ0) is 15.6. The molecule has 1 aromatic heterocycles. The van der Waals surface area contributed by atoms with Crippen LogP contribution in [0.3, 0.4) is 0 Å². The molecule has 0 bridgehead atoms. The molecule has 2 aromatic rings. The van der Waals surface area contributed by atoms with Gasteiger partial charge in [-0.15, -0.1) is 0 Å². The van der Waals surface area contributed by atoms with Crippen molar-refractivity contribution in [2.75, 3.05) is 14.2 Å². The first kappa shape index (κ1) is 15.1. The van der Waals surface area contributed by atoms with Crippen molar-refractivity contribution in [3.8, 4) is 17.2 Å². The summed E-state index contributed by atoms with van der Waals surface area (Å²) in [6.07, 6.45) is 0. The van der Waals surface area contributed by atoms with E-state index in [0.717, 1.165) is 0 Å². The van der Waals surface area contributed by atoms with Gasteiger partial charge in [0.15, 0.2) is 5.69 Å². The molecule has 0 radical (unpaired) electrons. The Balaban J connectivity index is 2.74. The number of halogens is 1. The number of rotatable bonds is 4. The van der Waals surface area contributed by atoms with Gasteiger partial charge >= 0.3 is 0 Å². The van der Waals surface area contributed by atoms with Crippen molar-refractivity contribution in [1.82, 2.24) is 9.78 Å². The van der Waals surface area contributed by atoms with E-state index >= 15 is 0 Å². The van der Waals surface area contributed by atoms with Gasteiger partial charge in [-0.05, 0) is 30.7 Å². The predicted molar refractivity (Wildman–Crippen MR) is 77.9 cm³/mol. The van der Waals surface area contributed by atoms with Crippen molar-refractivity contribution in [1.29, 1.82) is 0 Å². The predicted octanol–water partition coefficient (Wildman–Crippen LogP) is 1.94. The molecule has 0 saturated heterocycles. The summed E-state index contributed by atoms with van der Waals surface area (Å²) in [5, 5.41) is 3.11. The number of hydrogen-bond acceptors (Lipinski definition) is 5. The van der Waals surface area contributed by atoms with Crippen LogP contribution in [-0.2, 0) is 0 Å². The molecule has 7 heteroatoms. The van der Waals surface area contributed by atoms with Crippen LogP contribution in [-0.4, -0.2) is 29.2 Å². The van der Waals surface area contributed by atoms with Gasteiger partial charge in [-0.1, -0.05) is 0 Å². The second kappa shape index (κ2) is 5.97. The SMILES string of the molecule is COc1ccc(OC)c(-n2nc(C(=O)Cl)c(=O)cc2C)c1. The molecule has 21 heavy (non-hydrogen) atoms. The normalized spacial score (nSPS) is 10.3. The lowest BCUT2D eigenvalue weighted by atomic mass is 10.2. The highest BCUT2D eigenvalue weighted by Crippen LogP contribution is 2.27. The van der Waals surface area contributed by atoms with Crippen LogP contribution >= 0.6 is 11.6 Å². The van der Waals surface area contributed by atoms with Gasteiger partial charge in [0.05, 0.1) is 14.2 Å². The van der Waals surface area contributed by atoms with E-state index in [9.17, 15) is 9.59 Å². The maximum atomic E-state index is 11.7. The lowest BCUT2D eigenvalue weighted by Crippen LogP contribution is -2.21. The minimum atomic E-state index is -0.907. The van der Waals surface area contributed by atoms with Crippen molar-refractivity contribution in [3.05, 3.63) is 45.9 Å². The Kier molecular flexibility index (Phi) is 4.28. The summed E-state index contributed by atoms with van der Waals surface area (Å²) >= 11 is 5.38. The highest BCUT2D eigenvalue weighted by molar-refractivity contribution is 6.67. The van der Waals surface area contributed by atoms with Crippen molar-refractivity contribution in [3.63, 3.8) is 0 Å². The van der Waals surface area contributed by atoms with E-state index < -0.39 is 10.7 Å². The Morgan fingerprint density at radius 1 is 1.24 bits per heavy atom. The largest absolute Gasteiger partial charge is 0.497 e. The molecule has 0 aliphatic carbocycles. The van der Waals surface area contributed by atoms with Crippen LogP contribution in [0.2, 0.25) is 0 Å². The number of hydrogen-bond donors (Lipinski definition) is 0. The number of carbonyl (C=O) groups excluding carboxylic acids is 1. The molecule has 0 aliphatic rings. The lowest BCUT2D eigenvalue weighted by molar-refractivity contribution is 0.107. The van der Waals surface area contributed by atoms with E-state index in [1.807, 2.05) is 0 Å². The number of aromatic nitrogens is 2. The Morgan fingerprint density at radius 2 is 1.95 bits per heavy atom. The van der Waals surface area contributed by atoms with Gasteiger partial charge in [0.25, 0.3) is 5.24 Å². The molecular weight excluding hydrogens is 296 g/mol. The van der Waals surface area contributed by atoms with Gasteiger partial charge in [0, 0.05) is 17.8 Å². The molecule has 0 unspecified atom stereocenters. The molecule has 1 heterocycles. The zero-order valence-electron chi connectivity index (χ0n) is 11.7. The maximum Gasteiger partial charge on any atom is 0.276 e. The van der Waals surface area contributed by atoms with Crippen molar-refractivity contribution < 1.29 is 14.3 Å². The summed E-state index contributed by atoms with van der Waals surface area (Å²) in [6.45, 7) is 1.69. The molecule has 0 amide bonds. The van der Waals surface area contributed by atoms with Crippen LogP contribution in [0, 0.1) is 6.92 Å². The number of methoxy groups -OCH3 is 2. The summed E-state index contributed by atoms with van der Waals surface area (Å²) in [4.78, 5) is 23.0. The molecule has 2 rings (SSSR count). The van der Waals surface area contributed by atoms with Crippen molar-refractivity contribution >= 4 is 16.8 Å². The van der Waals surface area contributed by atoms with Gasteiger partial charge in [-0.25, -0.2) is 4.68 Å². The summed E-state index contributed by atoms with van der Waals surface area (Å²) in [6, 6.07) is 6.41. The van der Waals surface area contributed by atoms with Crippen LogP contribution in [0.5, 0.6) is 11.5 Å². The minimum absolute atomic E-state index is 0.341. The first-order valence-corrected chi connectivity index (χ1v) is 6.39. The molecule has 110 valence electrons. The van der Waals surface area contributed by atoms with Crippen LogP contribution in [0.4, 0.5) is 0 Å². The van der Waals surface area contributed by atoms with E-state index in [-0.39, 0.29) is 5.69 Å². The van der Waals surface area contributed by atoms with Crippen LogP contribution in [0.15, 0.2) is 29.1 Å². The molecule has 0 spiro atoms. The Labute approximate surface area is 125 Å². The summed E-state index contributed by atoms with van der Waals surface area (Å²) < 4.78 is 11.9. The van der Waals surface area contributed by atoms with Gasteiger partial charge in [0.1, 0.15) is 17.2 Å². The fraction of sp³-hybridized carbons (Fsp3) is 0.214. The molecule has 0 atom stereocenters. The number of benzene rings is 1. The van der Waals surface area contributed by atoms with Gasteiger partial charge in [-0.2, -0.15) is 5.10 Å². The Morgan fingerprint density at radius 3 is 2.52 bits per heavy atom. The molecule has 6 nitrogen and oxygen atoms in total. The molecule has 0 fully saturated rings. The first-order chi connectivity index (χ1) is 9.97. The van der Waals surface area contributed by atoms with E-state index in [4.69, 9.17) is 21.1 Å². The third-order valence-corrected chi connectivity index (χ3v) is 3.09. The Hall–Kier alpha value is -2.34. The number of ether oxygens (including phenoxy) is 2. The molecular formula is C14H13ClN2O4. The van der Waals surface area contributed by atoms with E-state index in [2.05, 4.69) is 5.10 Å². The van der Waals surface area contributed by atoms with E-state index in [1.54, 1.807) is 25.1 Å². The average Bonchev–Trinajstić information content (AvgIpc) is 2.46. The monoisotopic (exact) mass is 308 g/mol. The highest BCUT2D eigenvalue weighted by atomic mass is 35.5. The molecule has 0 aliphatic heterocycles. The van der Waals surface area contributed by atoms with Crippen molar-refractivity contribution in [2.24, 2.45) is 0 Å². The first-order valence-electron chi connectivity index (χ1n) is 6.01. The molecule has 0 saturated carbocycles. The summed E-state index contributed by atoms with van der Waals surface area (Å²) in [7, 11) is 3.04. The highest BCUT2D eigenvalue weighted by Gasteiger charge is 2.15. The topological polar surface area (TPSA) is 70.4 Å². The van der Waals surface area contributed by atoms with Gasteiger partial charge in [-0.3, -0.25) is 9.59 Å². The second-order valence-corrected chi connectivity index (χ2v) is 4.57. The molecule has 1 aromatic carbocycles. The van der Waals surface area contributed by atoms with Gasteiger partial charge < -0.3 is 9.47 Å². The Bertz CT molecular complexity index is 755. The van der Waals surface area contributed by atoms with E-state index in [1.165, 1.54) is 25.0 Å². The van der Waals surface area contributed by atoms with Crippen LogP contribution in [0.25, 0.3) is 5.69 Å². The fourth-order valence-corrected chi connectivity index (χ4v) is 2.02. The van der Waals surface area contributed by atoms with Crippen molar-refractivity contribution in [2.45, 2.75) is 6.92 Å². The second-order valence-electron chi connectivity index (χ2n) is 4.22. The number of nitrogens with zero attached hydrogens (tertiary/aromatic N) is 2. The molecule has 0 N–H and O–H groups in total. The fourth-order valence-electron chi connectivity index (χ4n) is 1.89. The average molecular weight is 309 g/mol. The summed E-state index contributed by atoms with van der Waals surface area (Å²) in [5.41, 5.74) is 0.208. The number of aryl methyl sites for hydroxylation is 1. The minimum Gasteiger partial charge on any atom is -0.497 e. The smallest absolute Gasteiger partial charge is 0.276 e.